The van der Waals surface area contributed by atoms with E-state index in [-0.39, 0.29) is 0 Å². The molecule has 1 unspecified atom stereocenters. The fourth-order valence-corrected chi connectivity index (χ4v) is 1.41. The summed E-state index contributed by atoms with van der Waals surface area (Å²) in [6.07, 6.45) is 1.57. The lowest BCUT2D eigenvalue weighted by Crippen LogP contribution is -2.43. The van der Waals surface area contributed by atoms with Gasteiger partial charge in [-0.2, -0.15) is 11.8 Å². The minimum absolute atomic E-state index is 0.385. The number of nitrogens with one attached hydrogen (secondary N) is 1. The third kappa shape index (κ3) is 7.39. The van der Waals surface area contributed by atoms with Gasteiger partial charge in [0.25, 0.3) is 0 Å². The number of carboxylic acid groups (broad SMARTS) is 1. The Labute approximate surface area is 99.9 Å². The fourth-order valence-electron chi connectivity index (χ4n) is 0.943. The van der Waals surface area contributed by atoms with Gasteiger partial charge in [0.15, 0.2) is 0 Å². The second-order valence-electron chi connectivity index (χ2n) is 4.32. The number of carbonyl (C=O) groups excluding carboxylic acids is 1. The third-order valence-corrected chi connectivity index (χ3v) is 2.24. The van der Waals surface area contributed by atoms with Gasteiger partial charge in [0.2, 0.25) is 0 Å². The molecular formula is C10H19NO4S. The number of carbonyl (C=O) groups is 2. The number of amides is 1. The first-order valence-corrected chi connectivity index (χ1v) is 6.37. The van der Waals surface area contributed by atoms with Crippen LogP contribution < -0.4 is 5.32 Å². The molecule has 0 spiro atoms. The Hall–Kier alpha value is -0.910. The first-order chi connectivity index (χ1) is 7.26. The van der Waals surface area contributed by atoms with Crippen LogP contribution in [-0.4, -0.2) is 40.8 Å². The highest BCUT2D eigenvalue weighted by atomic mass is 32.2. The van der Waals surface area contributed by atoms with Crippen LogP contribution in [0.15, 0.2) is 0 Å². The lowest BCUT2D eigenvalue weighted by Gasteiger charge is -2.21. The summed E-state index contributed by atoms with van der Waals surface area (Å²) in [6, 6.07) is -0.887. The zero-order valence-corrected chi connectivity index (χ0v) is 10.9. The molecule has 0 heterocycles. The lowest BCUT2D eigenvalue weighted by atomic mass is 10.2. The minimum atomic E-state index is -1.04. The van der Waals surface area contributed by atoms with Gasteiger partial charge in [0, 0.05) is 0 Å². The van der Waals surface area contributed by atoms with E-state index in [1.54, 1.807) is 20.8 Å². The molecule has 0 fully saturated rings. The van der Waals surface area contributed by atoms with Crippen molar-refractivity contribution >= 4 is 23.8 Å². The van der Waals surface area contributed by atoms with Gasteiger partial charge in [-0.1, -0.05) is 0 Å². The molecule has 0 rings (SSSR count). The van der Waals surface area contributed by atoms with E-state index in [0.717, 1.165) is 0 Å². The van der Waals surface area contributed by atoms with E-state index >= 15 is 0 Å². The third-order valence-electron chi connectivity index (χ3n) is 1.60. The molecule has 0 radical (unpaired) electrons. The Balaban J connectivity index is 4.19. The number of thioether (sulfide) groups is 1. The summed E-state index contributed by atoms with van der Waals surface area (Å²) in [4.78, 5) is 22.2. The van der Waals surface area contributed by atoms with E-state index in [1.165, 1.54) is 11.8 Å². The first kappa shape index (κ1) is 15.1. The molecule has 5 nitrogen and oxygen atoms in total. The Bertz CT molecular complexity index is 250. The summed E-state index contributed by atoms with van der Waals surface area (Å²) >= 11 is 1.53. The van der Waals surface area contributed by atoms with Crippen molar-refractivity contribution in [2.75, 3.05) is 12.0 Å². The molecule has 0 aromatic rings. The molecule has 1 amide bonds. The average molecular weight is 250 g/mol. The van der Waals surface area contributed by atoms with E-state index in [0.29, 0.717) is 12.2 Å². The average Bonchev–Trinajstić information content (AvgIpc) is 2.08. The van der Waals surface area contributed by atoms with Crippen molar-refractivity contribution in [3.63, 3.8) is 0 Å². The van der Waals surface area contributed by atoms with Gasteiger partial charge in [-0.3, -0.25) is 0 Å². The molecule has 2 N–H and O–H groups in total. The molecule has 0 bridgehead atoms. The molecule has 0 saturated heterocycles. The Kier molecular flexibility index (Phi) is 6.25. The molecule has 0 aliphatic rings. The van der Waals surface area contributed by atoms with Crippen molar-refractivity contribution in [3.8, 4) is 0 Å². The number of hydrogen-bond acceptors (Lipinski definition) is 4. The number of aliphatic carboxylic acids is 1. The lowest BCUT2D eigenvalue weighted by molar-refractivity contribution is -0.139. The molecule has 16 heavy (non-hydrogen) atoms. The second-order valence-corrected chi connectivity index (χ2v) is 5.30. The summed E-state index contributed by atoms with van der Waals surface area (Å²) in [5.41, 5.74) is -0.618. The van der Waals surface area contributed by atoms with Gasteiger partial charge in [-0.15, -0.1) is 0 Å². The molecule has 1 atom stereocenters. The van der Waals surface area contributed by atoms with Crippen LogP contribution in [0.4, 0.5) is 4.79 Å². The molecule has 0 saturated carbocycles. The maximum absolute atomic E-state index is 11.3. The Morgan fingerprint density at radius 3 is 2.38 bits per heavy atom. The topological polar surface area (TPSA) is 75.6 Å². The highest BCUT2D eigenvalue weighted by Gasteiger charge is 2.23. The number of alkyl carbamates (subject to hydrolysis) is 1. The van der Waals surface area contributed by atoms with Crippen LogP contribution in [0.1, 0.15) is 27.2 Å². The fraction of sp³-hybridized carbons (Fsp3) is 0.800. The largest absolute Gasteiger partial charge is 0.480 e. The molecular weight excluding hydrogens is 231 g/mol. The van der Waals surface area contributed by atoms with Crippen LogP contribution >= 0.6 is 11.8 Å². The SMILES string of the molecule is CSCCC(NC(=O)OC(C)(C)C)[13C](=O)O. The maximum Gasteiger partial charge on any atom is 0.408 e. The first-order valence-electron chi connectivity index (χ1n) is 4.97. The summed E-state index contributed by atoms with van der Waals surface area (Å²) in [5, 5.41) is 11.2. The monoisotopic (exact) mass is 250 g/mol. The number of carboxylic acids is 1. The highest BCUT2D eigenvalue weighted by Crippen LogP contribution is 2.08. The predicted octanol–water partition coefficient (Wildman–Crippen LogP) is 1.72. The van der Waals surface area contributed by atoms with Crippen molar-refractivity contribution in [2.45, 2.75) is 38.8 Å². The van der Waals surface area contributed by atoms with Crippen molar-refractivity contribution < 1.29 is 19.4 Å². The highest BCUT2D eigenvalue weighted by molar-refractivity contribution is 7.98. The maximum atomic E-state index is 11.3. The van der Waals surface area contributed by atoms with Gasteiger partial charge >= 0.3 is 12.1 Å². The van der Waals surface area contributed by atoms with Crippen LogP contribution in [0.3, 0.4) is 0 Å². The van der Waals surface area contributed by atoms with Gasteiger partial charge in [-0.05, 0) is 39.2 Å². The molecule has 0 aliphatic carbocycles. The molecule has 6 heteroatoms. The quantitative estimate of drug-likeness (QED) is 0.727. The van der Waals surface area contributed by atoms with Gasteiger partial charge in [-0.25, -0.2) is 9.59 Å². The van der Waals surface area contributed by atoms with Crippen LogP contribution in [0.2, 0.25) is 0 Å². The Morgan fingerprint density at radius 2 is 2.00 bits per heavy atom. The van der Waals surface area contributed by atoms with Crippen LogP contribution in [-0.2, 0) is 9.53 Å². The number of rotatable bonds is 5. The van der Waals surface area contributed by atoms with E-state index in [9.17, 15) is 9.59 Å². The summed E-state index contributed by atoms with van der Waals surface area (Å²) in [6.45, 7) is 5.18. The molecule has 0 aromatic carbocycles. The zero-order chi connectivity index (χ0) is 12.8. The van der Waals surface area contributed by atoms with Crippen molar-refractivity contribution in [1.82, 2.24) is 5.32 Å². The summed E-state index contributed by atoms with van der Waals surface area (Å²) in [7, 11) is 0. The predicted molar refractivity (Wildman–Crippen MR) is 63.8 cm³/mol. The molecule has 0 aromatic heterocycles. The van der Waals surface area contributed by atoms with Gasteiger partial charge in [0.1, 0.15) is 11.6 Å². The van der Waals surface area contributed by atoms with Crippen molar-refractivity contribution in [1.29, 1.82) is 0 Å². The zero-order valence-electron chi connectivity index (χ0n) is 10.1. The van der Waals surface area contributed by atoms with Crippen molar-refractivity contribution in [2.24, 2.45) is 0 Å². The number of ether oxygens (including phenoxy) is 1. The smallest absolute Gasteiger partial charge is 0.408 e. The van der Waals surface area contributed by atoms with Crippen LogP contribution in [0, 0.1) is 0 Å². The summed E-state index contributed by atoms with van der Waals surface area (Å²) < 4.78 is 4.98. The Morgan fingerprint density at radius 1 is 1.44 bits per heavy atom. The second kappa shape index (κ2) is 6.62. The van der Waals surface area contributed by atoms with Crippen LogP contribution in [0.5, 0.6) is 0 Å². The normalized spacial score (nSPS) is 13.0. The van der Waals surface area contributed by atoms with Gasteiger partial charge < -0.3 is 15.2 Å². The summed E-state index contributed by atoms with van der Waals surface area (Å²) in [5.74, 6) is -0.368. The van der Waals surface area contributed by atoms with E-state index in [2.05, 4.69) is 5.32 Å². The number of hydrogen-bond donors (Lipinski definition) is 2. The van der Waals surface area contributed by atoms with Gasteiger partial charge in [0.05, 0.1) is 0 Å². The van der Waals surface area contributed by atoms with Crippen molar-refractivity contribution in [3.05, 3.63) is 0 Å². The minimum Gasteiger partial charge on any atom is -0.480 e. The molecule has 94 valence electrons. The van der Waals surface area contributed by atoms with E-state index in [1.807, 2.05) is 6.26 Å². The molecule has 0 aliphatic heterocycles. The van der Waals surface area contributed by atoms with E-state index < -0.39 is 23.7 Å². The standard InChI is InChI=1S/C10H19NO4S/c1-10(2,3)15-9(14)11-7(8(12)13)5-6-16-4/h7H,5-6H2,1-4H3,(H,11,14)(H,12,13)/i8+1. The van der Waals surface area contributed by atoms with E-state index in [4.69, 9.17) is 9.84 Å². The van der Waals surface area contributed by atoms with Crippen LogP contribution in [0.25, 0.3) is 0 Å².